The predicted molar refractivity (Wildman–Crippen MR) is 75.6 cm³/mol. The summed E-state index contributed by atoms with van der Waals surface area (Å²) < 4.78 is 0. The van der Waals surface area contributed by atoms with Crippen LogP contribution >= 0.6 is 0 Å². The second-order valence-corrected chi connectivity index (χ2v) is 5.11. The number of Topliss-reactive ketones (excluding diaryl/α,β-unsaturated/α-hetero) is 1. The topological polar surface area (TPSA) is 57.6 Å². The number of amides is 1. The third-order valence-electron chi connectivity index (χ3n) is 2.98. The van der Waals surface area contributed by atoms with E-state index in [2.05, 4.69) is 13.8 Å². The van der Waals surface area contributed by atoms with Gasteiger partial charge in [-0.3, -0.25) is 9.59 Å². The number of rotatable bonds is 5. The molecule has 0 unspecified atom stereocenters. The van der Waals surface area contributed by atoms with Crippen LogP contribution in [0.4, 0.5) is 5.69 Å². The first-order valence-corrected chi connectivity index (χ1v) is 6.45. The number of carbonyl (C=O) groups is 2. The average molecular weight is 263 g/mol. The number of carbonyl (C=O) groups excluding carboxylic acids is 2. The predicted octanol–water partition coefficient (Wildman–Crippen LogP) is 2.99. The molecule has 0 heterocycles. The minimum atomic E-state index is -0.194. The molecule has 0 aliphatic rings. The summed E-state index contributed by atoms with van der Waals surface area (Å²) in [4.78, 5) is 24.5. The third-order valence-corrected chi connectivity index (χ3v) is 2.98. The van der Waals surface area contributed by atoms with E-state index in [1.807, 2.05) is 0 Å². The Morgan fingerprint density at radius 1 is 1.26 bits per heavy atom. The van der Waals surface area contributed by atoms with Gasteiger partial charge in [-0.25, -0.2) is 0 Å². The van der Waals surface area contributed by atoms with Gasteiger partial charge >= 0.3 is 0 Å². The summed E-state index contributed by atoms with van der Waals surface area (Å²) in [5.41, 5.74) is 0.895. The number of anilines is 1. The molecule has 104 valence electrons. The molecule has 0 spiro atoms. The van der Waals surface area contributed by atoms with Crippen molar-refractivity contribution in [3.8, 4) is 5.75 Å². The summed E-state index contributed by atoms with van der Waals surface area (Å²) >= 11 is 0. The van der Waals surface area contributed by atoms with Gasteiger partial charge in [0.25, 0.3) is 0 Å². The highest BCUT2D eigenvalue weighted by Gasteiger charge is 2.15. The van der Waals surface area contributed by atoms with Crippen LogP contribution in [0.25, 0.3) is 0 Å². The lowest BCUT2D eigenvalue weighted by molar-refractivity contribution is -0.116. The zero-order valence-electron chi connectivity index (χ0n) is 11.9. The fraction of sp³-hybridized carbons (Fsp3) is 0.467. The molecule has 0 aliphatic carbocycles. The van der Waals surface area contributed by atoms with Crippen molar-refractivity contribution in [2.24, 2.45) is 5.92 Å². The maximum Gasteiger partial charge on any atom is 0.223 e. The van der Waals surface area contributed by atoms with E-state index in [-0.39, 0.29) is 23.0 Å². The number of ketones is 1. The van der Waals surface area contributed by atoms with Gasteiger partial charge in [-0.05, 0) is 31.4 Å². The van der Waals surface area contributed by atoms with E-state index >= 15 is 0 Å². The Kier molecular flexibility index (Phi) is 5.10. The Balaban J connectivity index is 3.00. The van der Waals surface area contributed by atoms with Crippen molar-refractivity contribution in [3.63, 3.8) is 0 Å². The molecule has 4 heteroatoms. The van der Waals surface area contributed by atoms with Gasteiger partial charge < -0.3 is 10.0 Å². The van der Waals surface area contributed by atoms with Gasteiger partial charge in [0.1, 0.15) is 5.75 Å². The maximum absolute atomic E-state index is 11.7. The molecule has 0 fully saturated rings. The lowest BCUT2D eigenvalue weighted by Crippen LogP contribution is -2.30. The molecule has 0 atom stereocenters. The Morgan fingerprint density at radius 3 is 2.32 bits per heavy atom. The van der Waals surface area contributed by atoms with Crippen molar-refractivity contribution in [2.75, 3.05) is 11.4 Å². The molecule has 0 radical (unpaired) electrons. The first kappa shape index (κ1) is 15.2. The highest BCUT2D eigenvalue weighted by atomic mass is 16.3. The van der Waals surface area contributed by atoms with Crippen molar-refractivity contribution < 1.29 is 14.7 Å². The Bertz CT molecular complexity index is 480. The summed E-state index contributed by atoms with van der Waals surface area (Å²) in [6.45, 7) is 7.68. The van der Waals surface area contributed by atoms with E-state index in [0.717, 1.165) is 6.42 Å². The van der Waals surface area contributed by atoms with E-state index < -0.39 is 0 Å². The van der Waals surface area contributed by atoms with Crippen LogP contribution < -0.4 is 4.90 Å². The van der Waals surface area contributed by atoms with Crippen molar-refractivity contribution in [3.05, 3.63) is 23.8 Å². The summed E-state index contributed by atoms with van der Waals surface area (Å²) in [6.07, 6.45) is 0.884. The van der Waals surface area contributed by atoms with Crippen LogP contribution in [-0.4, -0.2) is 23.3 Å². The molecular weight excluding hydrogens is 242 g/mol. The lowest BCUT2D eigenvalue weighted by Gasteiger charge is -2.22. The summed E-state index contributed by atoms with van der Waals surface area (Å²) in [5.74, 6) is 0.143. The molecule has 1 rings (SSSR count). The van der Waals surface area contributed by atoms with Crippen LogP contribution in [-0.2, 0) is 4.79 Å². The van der Waals surface area contributed by atoms with E-state index in [9.17, 15) is 14.7 Å². The number of nitrogens with zero attached hydrogens (tertiary/aromatic N) is 1. The second kappa shape index (κ2) is 6.36. The molecule has 0 aliphatic heterocycles. The molecule has 4 nitrogen and oxygen atoms in total. The Hall–Kier alpha value is -1.84. The number of benzene rings is 1. The average Bonchev–Trinajstić information content (AvgIpc) is 2.27. The minimum Gasteiger partial charge on any atom is -0.507 e. The molecule has 0 aromatic heterocycles. The van der Waals surface area contributed by atoms with Crippen LogP contribution in [0.3, 0.4) is 0 Å². The highest BCUT2D eigenvalue weighted by Crippen LogP contribution is 2.25. The molecule has 1 aromatic carbocycles. The van der Waals surface area contributed by atoms with Gasteiger partial charge in [0.15, 0.2) is 5.78 Å². The number of hydrogen-bond donors (Lipinski definition) is 1. The number of aromatic hydroxyl groups is 1. The monoisotopic (exact) mass is 263 g/mol. The van der Waals surface area contributed by atoms with E-state index in [1.54, 1.807) is 17.0 Å². The number of phenolic OH excluding ortho intramolecular Hbond substituents is 1. The third kappa shape index (κ3) is 4.09. The van der Waals surface area contributed by atoms with E-state index in [0.29, 0.717) is 18.2 Å². The molecule has 1 aromatic rings. The van der Waals surface area contributed by atoms with Gasteiger partial charge in [0.2, 0.25) is 5.91 Å². The zero-order chi connectivity index (χ0) is 14.6. The van der Waals surface area contributed by atoms with Gasteiger partial charge in [-0.2, -0.15) is 0 Å². The Labute approximate surface area is 114 Å². The summed E-state index contributed by atoms with van der Waals surface area (Å²) in [7, 11) is 0. The molecule has 1 amide bonds. The first-order chi connectivity index (χ1) is 8.82. The highest BCUT2D eigenvalue weighted by molar-refractivity contribution is 5.98. The van der Waals surface area contributed by atoms with Crippen molar-refractivity contribution >= 4 is 17.4 Å². The van der Waals surface area contributed by atoms with Crippen molar-refractivity contribution in [1.82, 2.24) is 0 Å². The SMILES string of the molecule is CC(=O)c1ccc(N(CCC(C)C)C(C)=O)cc1O. The van der Waals surface area contributed by atoms with E-state index in [4.69, 9.17) is 0 Å². The molecule has 19 heavy (non-hydrogen) atoms. The van der Waals surface area contributed by atoms with Crippen LogP contribution in [0.15, 0.2) is 18.2 Å². The van der Waals surface area contributed by atoms with E-state index in [1.165, 1.54) is 19.9 Å². The second-order valence-electron chi connectivity index (χ2n) is 5.11. The number of phenols is 1. The van der Waals surface area contributed by atoms with Gasteiger partial charge in [-0.1, -0.05) is 13.8 Å². The number of hydrogen-bond acceptors (Lipinski definition) is 3. The van der Waals surface area contributed by atoms with Crippen LogP contribution in [0.5, 0.6) is 5.75 Å². The normalized spacial score (nSPS) is 10.6. The summed E-state index contributed by atoms with van der Waals surface area (Å²) in [5, 5.41) is 9.81. The van der Waals surface area contributed by atoms with Crippen molar-refractivity contribution in [1.29, 1.82) is 0 Å². The first-order valence-electron chi connectivity index (χ1n) is 6.45. The molecule has 0 bridgehead atoms. The quantitative estimate of drug-likeness (QED) is 0.831. The summed E-state index contributed by atoms with van der Waals surface area (Å²) in [6, 6.07) is 4.72. The van der Waals surface area contributed by atoms with Gasteiger partial charge in [0.05, 0.1) is 5.56 Å². The minimum absolute atomic E-state index is 0.0735. The largest absolute Gasteiger partial charge is 0.507 e. The lowest BCUT2D eigenvalue weighted by atomic mass is 10.1. The van der Waals surface area contributed by atoms with Gasteiger partial charge in [-0.15, -0.1) is 0 Å². The van der Waals surface area contributed by atoms with Crippen molar-refractivity contribution in [2.45, 2.75) is 34.1 Å². The Morgan fingerprint density at radius 2 is 1.89 bits per heavy atom. The molecular formula is C15H21NO3. The fourth-order valence-corrected chi connectivity index (χ4v) is 1.84. The smallest absolute Gasteiger partial charge is 0.223 e. The van der Waals surface area contributed by atoms with Gasteiger partial charge in [0, 0.05) is 25.2 Å². The van der Waals surface area contributed by atoms with Crippen LogP contribution in [0, 0.1) is 5.92 Å². The maximum atomic E-state index is 11.7. The fourth-order valence-electron chi connectivity index (χ4n) is 1.84. The molecule has 1 N–H and O–H groups in total. The zero-order valence-corrected chi connectivity index (χ0v) is 11.9. The standard InChI is InChI=1S/C15H21NO3/c1-10(2)7-8-16(12(4)18)13-5-6-14(11(3)17)15(19)9-13/h5-6,9-10,19H,7-8H2,1-4H3. The molecule has 0 saturated heterocycles. The molecule has 0 saturated carbocycles. The van der Waals surface area contributed by atoms with Crippen LogP contribution in [0.1, 0.15) is 44.5 Å². The van der Waals surface area contributed by atoms with Crippen LogP contribution in [0.2, 0.25) is 0 Å².